The number of hydrogen-bond acceptors (Lipinski definition) is 6. The van der Waals surface area contributed by atoms with Crippen LogP contribution >= 0.6 is 0 Å². The molecule has 3 aliphatic rings. The van der Waals surface area contributed by atoms with E-state index >= 15 is 0 Å². The van der Waals surface area contributed by atoms with Gasteiger partial charge in [0.1, 0.15) is 5.82 Å². The topological polar surface area (TPSA) is 84.3 Å². The molecule has 1 N–H and O–H groups in total. The summed E-state index contributed by atoms with van der Waals surface area (Å²) in [6.45, 7) is 0.517. The summed E-state index contributed by atoms with van der Waals surface area (Å²) >= 11 is 0. The maximum absolute atomic E-state index is 14.6. The molecule has 0 radical (unpaired) electrons. The molecule has 2 aliphatic heterocycles. The first-order valence-corrected chi connectivity index (χ1v) is 12.1. The van der Waals surface area contributed by atoms with Gasteiger partial charge in [0.15, 0.2) is 21.5 Å². The van der Waals surface area contributed by atoms with Gasteiger partial charge in [-0.2, -0.15) is 0 Å². The summed E-state index contributed by atoms with van der Waals surface area (Å²) in [5.41, 5.74) is 3.21. The standard InChI is InChI=1S/C22H20F2N4O3S/c1-27-6-4-15-13(11-32(2,30)31)7-12-10-28(21-16(24)8-14(23)9-26-21)17-3-5-25-20(18(12)17)19(15)22(27)29/h4,6-10,17,25H,3,5,11H2,1-2H3. The normalized spacial score (nSPS) is 19.6. The van der Waals surface area contributed by atoms with Crippen LogP contribution in [-0.2, 0) is 16.9 Å². The van der Waals surface area contributed by atoms with Crippen molar-refractivity contribution in [3.8, 4) is 0 Å². The zero-order chi connectivity index (χ0) is 22.8. The number of rotatable bonds is 3. The number of aryl methyl sites for hydroxylation is 1. The van der Waals surface area contributed by atoms with Crippen molar-refractivity contribution in [3.63, 3.8) is 0 Å². The zero-order valence-corrected chi connectivity index (χ0v) is 18.2. The molecule has 166 valence electrons. The molecule has 0 spiro atoms. The maximum atomic E-state index is 14.6. The van der Waals surface area contributed by atoms with E-state index in [1.807, 2.05) is 0 Å². The molecule has 32 heavy (non-hydrogen) atoms. The lowest BCUT2D eigenvalue weighted by molar-refractivity contribution is 0.561. The Morgan fingerprint density at radius 2 is 2.09 bits per heavy atom. The predicted molar refractivity (Wildman–Crippen MR) is 117 cm³/mol. The quantitative estimate of drug-likeness (QED) is 0.757. The van der Waals surface area contributed by atoms with Crippen molar-refractivity contribution in [1.82, 2.24) is 14.9 Å². The number of allylic oxidation sites excluding steroid dienone is 1. The van der Waals surface area contributed by atoms with E-state index in [0.29, 0.717) is 40.9 Å². The van der Waals surface area contributed by atoms with Crippen molar-refractivity contribution >= 4 is 26.9 Å². The van der Waals surface area contributed by atoms with E-state index in [1.165, 1.54) is 4.57 Å². The van der Waals surface area contributed by atoms with Crippen molar-refractivity contribution in [2.45, 2.75) is 12.5 Å². The van der Waals surface area contributed by atoms with Crippen molar-refractivity contribution in [1.29, 1.82) is 0 Å². The fourth-order valence-electron chi connectivity index (χ4n) is 4.61. The van der Waals surface area contributed by atoms with Gasteiger partial charge in [-0.05, 0) is 35.3 Å². The molecular formula is C22H20F2N4O3S. The average Bonchev–Trinajstić information content (AvgIpc) is 3.00. The Labute approximate surface area is 183 Å². The van der Waals surface area contributed by atoms with Crippen LogP contribution in [0.3, 0.4) is 0 Å². The van der Waals surface area contributed by atoms with E-state index < -0.39 is 21.5 Å². The van der Waals surface area contributed by atoms with Crippen LogP contribution in [0.5, 0.6) is 0 Å². The number of aromatic nitrogens is 2. The minimum Gasteiger partial charge on any atom is -0.384 e. The molecule has 2 aromatic rings. The van der Waals surface area contributed by atoms with Gasteiger partial charge in [0.05, 0.1) is 29.3 Å². The van der Waals surface area contributed by atoms with Crippen LogP contribution in [0.1, 0.15) is 17.5 Å². The van der Waals surface area contributed by atoms with E-state index in [4.69, 9.17) is 0 Å². The van der Waals surface area contributed by atoms with Gasteiger partial charge in [-0.15, -0.1) is 0 Å². The third-order valence-electron chi connectivity index (χ3n) is 5.89. The first-order valence-electron chi connectivity index (χ1n) is 10.0. The smallest absolute Gasteiger partial charge is 0.260 e. The number of halogens is 2. The van der Waals surface area contributed by atoms with Crippen LogP contribution in [0.4, 0.5) is 14.6 Å². The fourth-order valence-corrected chi connectivity index (χ4v) is 5.42. The van der Waals surface area contributed by atoms with Gasteiger partial charge in [0, 0.05) is 43.9 Å². The molecule has 2 aromatic heterocycles. The Balaban J connectivity index is 1.78. The highest BCUT2D eigenvalue weighted by molar-refractivity contribution is 7.91. The first-order chi connectivity index (χ1) is 15.1. The summed E-state index contributed by atoms with van der Waals surface area (Å²) < 4.78 is 53.8. The lowest BCUT2D eigenvalue weighted by atomic mass is 9.92. The Hall–Kier alpha value is -3.27. The molecule has 0 saturated heterocycles. The predicted octanol–water partition coefficient (Wildman–Crippen LogP) is 1.98. The molecule has 0 aromatic carbocycles. The summed E-state index contributed by atoms with van der Waals surface area (Å²) in [7, 11) is -1.77. The third-order valence-corrected chi connectivity index (χ3v) is 6.73. The Morgan fingerprint density at radius 1 is 1.31 bits per heavy atom. The third kappa shape index (κ3) is 3.26. The molecule has 1 atom stereocenters. The van der Waals surface area contributed by atoms with Crippen LogP contribution < -0.4 is 15.8 Å². The lowest BCUT2D eigenvalue weighted by Crippen LogP contribution is -2.39. The minimum atomic E-state index is -3.40. The number of pyridine rings is 2. The number of hydrogen-bond donors (Lipinski definition) is 1. The van der Waals surface area contributed by atoms with Gasteiger partial charge < -0.3 is 14.8 Å². The highest BCUT2D eigenvalue weighted by Crippen LogP contribution is 2.44. The molecule has 7 nitrogen and oxygen atoms in total. The Kier molecular flexibility index (Phi) is 4.59. The molecular weight excluding hydrogens is 438 g/mol. The maximum Gasteiger partial charge on any atom is 0.260 e. The van der Waals surface area contributed by atoms with E-state index in [1.54, 1.807) is 36.5 Å². The van der Waals surface area contributed by atoms with E-state index in [9.17, 15) is 22.0 Å². The van der Waals surface area contributed by atoms with Gasteiger partial charge in [-0.1, -0.05) is 0 Å². The molecule has 0 saturated carbocycles. The summed E-state index contributed by atoms with van der Waals surface area (Å²) in [5, 5.41) is 3.31. The van der Waals surface area contributed by atoms with Gasteiger partial charge in [-0.25, -0.2) is 22.2 Å². The molecule has 1 aliphatic carbocycles. The largest absolute Gasteiger partial charge is 0.384 e. The monoisotopic (exact) mass is 458 g/mol. The summed E-state index contributed by atoms with van der Waals surface area (Å²) in [5.74, 6) is -1.84. The molecule has 10 heteroatoms. The second kappa shape index (κ2) is 7.13. The van der Waals surface area contributed by atoms with Gasteiger partial charge in [-0.3, -0.25) is 4.79 Å². The molecule has 0 fully saturated rings. The van der Waals surface area contributed by atoms with Crippen molar-refractivity contribution < 1.29 is 17.2 Å². The molecule has 0 amide bonds. The Morgan fingerprint density at radius 3 is 2.81 bits per heavy atom. The highest BCUT2D eigenvalue weighted by atomic mass is 32.2. The molecule has 5 rings (SSSR count). The second-order valence-electron chi connectivity index (χ2n) is 8.23. The van der Waals surface area contributed by atoms with Crippen LogP contribution in [0.15, 0.2) is 52.7 Å². The second-order valence-corrected chi connectivity index (χ2v) is 10.4. The minimum absolute atomic E-state index is 0.0232. The van der Waals surface area contributed by atoms with Crippen molar-refractivity contribution in [2.75, 3.05) is 23.5 Å². The fraction of sp³-hybridized carbons (Fsp3) is 0.273. The highest BCUT2D eigenvalue weighted by Gasteiger charge is 2.39. The number of sulfone groups is 1. The van der Waals surface area contributed by atoms with Crippen LogP contribution in [0, 0.1) is 11.6 Å². The van der Waals surface area contributed by atoms with E-state index in [-0.39, 0.29) is 23.2 Å². The zero-order valence-electron chi connectivity index (χ0n) is 17.4. The number of fused-ring (bicyclic) bond motifs is 2. The molecule has 0 bridgehead atoms. The number of nitrogens with one attached hydrogen (secondary N) is 1. The van der Waals surface area contributed by atoms with Crippen molar-refractivity contribution in [2.24, 2.45) is 7.05 Å². The lowest BCUT2D eigenvalue weighted by Gasteiger charge is -2.32. The van der Waals surface area contributed by atoms with Crippen molar-refractivity contribution in [3.05, 3.63) is 81.1 Å². The Bertz CT molecular complexity index is 1420. The summed E-state index contributed by atoms with van der Waals surface area (Å²) in [6.07, 6.45) is 7.73. The molecule has 1 unspecified atom stereocenters. The first kappa shape index (κ1) is 20.6. The average molecular weight is 458 g/mol. The molecule has 4 heterocycles. The van der Waals surface area contributed by atoms with Crippen LogP contribution in [0.2, 0.25) is 0 Å². The summed E-state index contributed by atoms with van der Waals surface area (Å²) in [4.78, 5) is 18.8. The van der Waals surface area contributed by atoms with Crippen LogP contribution in [-0.4, -0.2) is 42.6 Å². The number of anilines is 1. The van der Waals surface area contributed by atoms with Crippen LogP contribution in [0.25, 0.3) is 11.3 Å². The van der Waals surface area contributed by atoms with E-state index in [2.05, 4.69) is 10.3 Å². The van der Waals surface area contributed by atoms with Gasteiger partial charge in [0.2, 0.25) is 0 Å². The van der Waals surface area contributed by atoms with E-state index in [0.717, 1.165) is 24.1 Å². The van der Waals surface area contributed by atoms with Gasteiger partial charge in [0.25, 0.3) is 5.56 Å². The SMILES string of the molecule is Cn1ccc2c(c1=O)C1=C3C(=CN(c4ncc(F)cc4F)C3CCN1)C=C2CS(C)(=O)=O. The van der Waals surface area contributed by atoms with Gasteiger partial charge >= 0.3 is 0 Å². The number of nitrogens with zero attached hydrogens (tertiary/aromatic N) is 3. The summed E-state index contributed by atoms with van der Waals surface area (Å²) in [6, 6.07) is 2.19.